The molecule has 4 aromatic rings. The highest BCUT2D eigenvalue weighted by atomic mass is 16.2. The summed E-state index contributed by atoms with van der Waals surface area (Å²) in [4.78, 5) is 52.6. The van der Waals surface area contributed by atoms with Crippen molar-refractivity contribution >= 4 is 57.5 Å². The minimum absolute atomic E-state index is 0.261. The molecule has 4 aromatic carbocycles. The molecule has 0 atom stereocenters. The van der Waals surface area contributed by atoms with Gasteiger partial charge in [-0.15, -0.1) is 0 Å². The Bertz CT molecular complexity index is 1830. The van der Waals surface area contributed by atoms with Crippen LogP contribution in [0.15, 0.2) is 85.0 Å². The van der Waals surface area contributed by atoms with Crippen LogP contribution in [0.25, 0.3) is 0 Å². The minimum atomic E-state index is -0.267. The normalized spacial score (nSPS) is 11.7. The summed E-state index contributed by atoms with van der Waals surface area (Å²) in [6, 6.07) is 17.8. The van der Waals surface area contributed by atoms with E-state index in [9.17, 15) is 19.2 Å². The molecular formula is C38H36N4O4. The topological polar surface area (TPSA) is 116 Å². The number of hydrogen-bond acceptors (Lipinski definition) is 6. The number of carbonyl (C=O) groups is 4. The molecular weight excluding hydrogens is 576 g/mol. The first-order valence-electron chi connectivity index (χ1n) is 14.8. The summed E-state index contributed by atoms with van der Waals surface area (Å²) in [7, 11) is 0. The van der Waals surface area contributed by atoms with Crippen molar-refractivity contribution in [3.8, 4) is 0 Å². The number of anilines is 6. The molecule has 8 nitrogen and oxygen atoms in total. The summed E-state index contributed by atoms with van der Waals surface area (Å²) in [5.41, 5.74) is 9.15. The molecule has 0 spiro atoms. The molecule has 5 rings (SSSR count). The number of rotatable bonds is 8. The Hall–Kier alpha value is -5.76. The van der Waals surface area contributed by atoms with Crippen molar-refractivity contribution in [2.24, 2.45) is 0 Å². The van der Waals surface area contributed by atoms with Gasteiger partial charge in [0.15, 0.2) is 11.6 Å². The predicted octanol–water partition coefficient (Wildman–Crippen LogP) is 8.21. The maximum Gasteiger partial charge on any atom is 0.250 e. The van der Waals surface area contributed by atoms with Crippen LogP contribution in [0.1, 0.15) is 67.9 Å². The lowest BCUT2D eigenvalue weighted by molar-refractivity contribution is -0.113. The molecule has 0 radical (unpaired) electrons. The van der Waals surface area contributed by atoms with Crippen molar-refractivity contribution in [3.63, 3.8) is 0 Å². The molecule has 1 aliphatic rings. The predicted molar refractivity (Wildman–Crippen MR) is 185 cm³/mol. The number of carbonyl (C=O) groups excluding carboxylic acids is 4. The second-order valence-corrected chi connectivity index (χ2v) is 11.8. The zero-order valence-electron chi connectivity index (χ0n) is 26.8. The van der Waals surface area contributed by atoms with Gasteiger partial charge in [0.2, 0.25) is 0 Å². The second-order valence-electron chi connectivity index (χ2n) is 11.8. The molecule has 8 heteroatoms. The molecule has 0 aromatic heterocycles. The highest BCUT2D eigenvalue weighted by Gasteiger charge is 2.34. The Labute approximate surface area is 268 Å². The van der Waals surface area contributed by atoms with E-state index in [4.69, 9.17) is 0 Å². The van der Waals surface area contributed by atoms with Gasteiger partial charge in [0, 0.05) is 45.0 Å². The van der Waals surface area contributed by atoms with Gasteiger partial charge in [0.1, 0.15) is 0 Å². The summed E-state index contributed by atoms with van der Waals surface area (Å²) in [5.74, 6) is -1.06. The largest absolute Gasteiger partial charge is 0.354 e. The molecule has 0 saturated heterocycles. The lowest BCUT2D eigenvalue weighted by atomic mass is 9.82. The third-order valence-corrected chi connectivity index (χ3v) is 7.95. The lowest BCUT2D eigenvalue weighted by Gasteiger charge is -2.25. The van der Waals surface area contributed by atoms with Crippen LogP contribution in [0.3, 0.4) is 0 Å². The van der Waals surface area contributed by atoms with Crippen LogP contribution in [-0.4, -0.2) is 23.4 Å². The summed E-state index contributed by atoms with van der Waals surface area (Å²) in [5, 5.41) is 12.5. The van der Waals surface area contributed by atoms with E-state index in [2.05, 4.69) is 34.4 Å². The van der Waals surface area contributed by atoms with Crippen LogP contribution < -0.4 is 21.3 Å². The Morgan fingerprint density at radius 2 is 0.891 bits per heavy atom. The molecule has 0 aliphatic heterocycles. The highest BCUT2D eigenvalue weighted by Crippen LogP contribution is 2.40. The van der Waals surface area contributed by atoms with Crippen molar-refractivity contribution in [3.05, 3.63) is 129 Å². The zero-order chi connectivity index (χ0) is 33.4. The van der Waals surface area contributed by atoms with Crippen molar-refractivity contribution in [1.29, 1.82) is 0 Å². The maximum atomic E-state index is 14.1. The number of hydrogen-bond donors (Lipinski definition) is 4. The molecule has 0 heterocycles. The van der Waals surface area contributed by atoms with Gasteiger partial charge in [-0.1, -0.05) is 37.4 Å². The summed E-state index contributed by atoms with van der Waals surface area (Å²) in [6.45, 7) is 18.3. The summed E-state index contributed by atoms with van der Waals surface area (Å²) in [6.07, 6.45) is 0. The Kier molecular flexibility index (Phi) is 8.48. The smallest absolute Gasteiger partial charge is 0.250 e. The van der Waals surface area contributed by atoms with Crippen molar-refractivity contribution in [2.75, 3.05) is 21.3 Å². The third-order valence-electron chi connectivity index (χ3n) is 7.95. The Morgan fingerprint density at radius 3 is 1.20 bits per heavy atom. The van der Waals surface area contributed by atoms with Gasteiger partial charge in [0.05, 0.1) is 22.5 Å². The number of ketones is 2. The van der Waals surface area contributed by atoms with Gasteiger partial charge >= 0.3 is 0 Å². The molecule has 1 aliphatic carbocycles. The van der Waals surface area contributed by atoms with E-state index in [0.29, 0.717) is 45.0 Å². The van der Waals surface area contributed by atoms with E-state index >= 15 is 0 Å². The molecule has 0 fully saturated rings. The van der Waals surface area contributed by atoms with E-state index < -0.39 is 0 Å². The Balaban J connectivity index is 1.59. The second kappa shape index (κ2) is 12.3. The average Bonchev–Trinajstić information content (AvgIpc) is 2.99. The lowest BCUT2D eigenvalue weighted by Crippen LogP contribution is -2.23. The minimum Gasteiger partial charge on any atom is -0.354 e. The molecule has 0 saturated carbocycles. The Morgan fingerprint density at radius 1 is 0.565 bits per heavy atom. The number of nitrogens with one attached hydrogen (secondary N) is 4. The van der Waals surface area contributed by atoms with E-state index in [-0.39, 0.29) is 34.5 Å². The van der Waals surface area contributed by atoms with Gasteiger partial charge < -0.3 is 21.3 Å². The molecule has 4 N–H and O–H groups in total. The summed E-state index contributed by atoms with van der Waals surface area (Å²) >= 11 is 0. The van der Waals surface area contributed by atoms with Gasteiger partial charge in [0.25, 0.3) is 11.8 Å². The van der Waals surface area contributed by atoms with Crippen LogP contribution in [0, 0.1) is 27.7 Å². The monoisotopic (exact) mass is 612 g/mol. The van der Waals surface area contributed by atoms with Crippen molar-refractivity contribution in [1.82, 2.24) is 0 Å². The molecule has 0 bridgehead atoms. The molecule has 2 amide bonds. The fourth-order valence-electron chi connectivity index (χ4n) is 5.64. The standard InChI is InChI=1S/C38H36N4O4/c1-19(2)37(45)39-25-15-21(5)33(22(6)16-25)41-29-13-14-30(32-31(29)35(43)27-11-9-10-12-28(27)36(32)44)42-34-23(7)17-26(18-24(34)8)40-38(46)20(3)4/h9-18,41-42H,1,3H2,2,4-8H3,(H,39,45)(H,40,46). The first-order valence-corrected chi connectivity index (χ1v) is 14.8. The number of amides is 2. The van der Waals surface area contributed by atoms with Gasteiger partial charge in [-0.05, 0) is 100 Å². The third kappa shape index (κ3) is 5.97. The van der Waals surface area contributed by atoms with Crippen LogP contribution >= 0.6 is 0 Å². The van der Waals surface area contributed by atoms with Gasteiger partial charge in [-0.2, -0.15) is 0 Å². The highest BCUT2D eigenvalue weighted by molar-refractivity contribution is 6.32. The molecule has 232 valence electrons. The first-order chi connectivity index (χ1) is 21.8. The van der Waals surface area contributed by atoms with Crippen LogP contribution in [0.4, 0.5) is 34.1 Å². The molecule has 0 unspecified atom stereocenters. The molecule has 46 heavy (non-hydrogen) atoms. The van der Waals surface area contributed by atoms with E-state index in [1.165, 1.54) is 0 Å². The van der Waals surface area contributed by atoms with Gasteiger partial charge in [-0.3, -0.25) is 19.2 Å². The van der Waals surface area contributed by atoms with Crippen molar-refractivity contribution in [2.45, 2.75) is 41.5 Å². The SMILES string of the molecule is C=C(C)C(=O)Nc1cc(C)c(Nc2ccc(Nc3c(C)cc(NC(=O)C(=C)C)cc3C)c3c2C(=O)c2ccccc2C3=O)c(C)c1. The number of aryl methyl sites for hydroxylation is 4. The van der Waals surface area contributed by atoms with E-state index in [1.807, 2.05) is 52.0 Å². The fourth-order valence-corrected chi connectivity index (χ4v) is 5.64. The number of fused-ring (bicyclic) bond motifs is 2. The van der Waals surface area contributed by atoms with Gasteiger partial charge in [-0.25, -0.2) is 0 Å². The summed E-state index contributed by atoms with van der Waals surface area (Å²) < 4.78 is 0. The average molecular weight is 613 g/mol. The van der Waals surface area contributed by atoms with Crippen LogP contribution in [0.5, 0.6) is 0 Å². The quantitative estimate of drug-likeness (QED) is 0.131. The van der Waals surface area contributed by atoms with Crippen molar-refractivity contribution < 1.29 is 19.2 Å². The first kappa shape index (κ1) is 31.7. The maximum absolute atomic E-state index is 14.1. The van der Waals surface area contributed by atoms with E-state index in [1.54, 1.807) is 50.2 Å². The fraction of sp³-hybridized carbons (Fsp3) is 0.158. The number of benzene rings is 4. The van der Waals surface area contributed by atoms with E-state index in [0.717, 1.165) is 33.6 Å². The van der Waals surface area contributed by atoms with Crippen LogP contribution in [0.2, 0.25) is 0 Å². The zero-order valence-corrected chi connectivity index (χ0v) is 26.8. The van der Waals surface area contributed by atoms with Crippen LogP contribution in [-0.2, 0) is 9.59 Å².